The van der Waals surface area contributed by atoms with Crippen LogP contribution in [0.25, 0.3) is 0 Å². The fraction of sp³-hybridized carbons (Fsp3) is 0.417. The number of methoxy groups -OCH3 is 1. The summed E-state index contributed by atoms with van der Waals surface area (Å²) in [5.41, 5.74) is 6.80. The zero-order chi connectivity index (χ0) is 11.6. The van der Waals surface area contributed by atoms with Crippen LogP contribution in [0.15, 0.2) is 18.2 Å². The molecule has 1 amide bonds. The Morgan fingerprint density at radius 1 is 1.33 bits per heavy atom. The predicted octanol–water partition coefficient (Wildman–Crippen LogP) is 2.09. The molecule has 0 aliphatic heterocycles. The normalized spacial score (nSPS) is 11.2. The van der Waals surface area contributed by atoms with Crippen molar-refractivity contribution in [3.8, 4) is 5.75 Å². The van der Waals surface area contributed by atoms with Gasteiger partial charge in [0.2, 0.25) is 0 Å². The van der Waals surface area contributed by atoms with Crippen molar-refractivity contribution in [1.29, 1.82) is 0 Å². The lowest BCUT2D eigenvalue weighted by atomic mass is 9.86. The fourth-order valence-corrected chi connectivity index (χ4v) is 1.36. The molecule has 0 aromatic heterocycles. The molecule has 3 heteroatoms. The molecule has 0 fully saturated rings. The highest BCUT2D eigenvalue weighted by Gasteiger charge is 2.17. The Morgan fingerprint density at radius 3 is 2.33 bits per heavy atom. The number of ether oxygens (including phenoxy) is 1. The number of hydrogen-bond donors (Lipinski definition) is 1. The molecule has 0 radical (unpaired) electrons. The van der Waals surface area contributed by atoms with E-state index in [1.54, 1.807) is 6.07 Å². The Balaban J connectivity index is 3.25. The molecular formula is C12H17NO2. The minimum atomic E-state index is -0.465. The lowest BCUT2D eigenvalue weighted by Crippen LogP contribution is -2.15. The molecule has 0 unspecified atom stereocenters. The molecule has 0 heterocycles. The second kappa shape index (κ2) is 3.93. The maximum Gasteiger partial charge on any atom is 0.252 e. The molecule has 2 N–H and O–H groups in total. The van der Waals surface area contributed by atoms with Gasteiger partial charge in [0.25, 0.3) is 5.91 Å². The number of carbonyl (C=O) groups excluding carboxylic acids is 1. The third kappa shape index (κ3) is 2.49. The number of carbonyl (C=O) groups is 1. The van der Waals surface area contributed by atoms with Crippen LogP contribution in [-0.4, -0.2) is 13.0 Å². The van der Waals surface area contributed by atoms with Crippen molar-refractivity contribution in [2.45, 2.75) is 26.2 Å². The minimum absolute atomic E-state index is 0.0312. The summed E-state index contributed by atoms with van der Waals surface area (Å²) in [4.78, 5) is 11.1. The highest BCUT2D eigenvalue weighted by Crippen LogP contribution is 2.28. The molecule has 0 saturated heterocycles. The quantitative estimate of drug-likeness (QED) is 0.807. The van der Waals surface area contributed by atoms with Crippen molar-refractivity contribution in [3.63, 3.8) is 0 Å². The molecular weight excluding hydrogens is 190 g/mol. The van der Waals surface area contributed by atoms with Crippen molar-refractivity contribution in [2.75, 3.05) is 7.11 Å². The summed E-state index contributed by atoms with van der Waals surface area (Å²) in [6.07, 6.45) is 0. The van der Waals surface area contributed by atoms with E-state index >= 15 is 0 Å². The van der Waals surface area contributed by atoms with E-state index in [0.717, 1.165) is 5.56 Å². The molecule has 3 nitrogen and oxygen atoms in total. The number of primary amides is 1. The van der Waals surface area contributed by atoms with Crippen LogP contribution in [0.2, 0.25) is 0 Å². The van der Waals surface area contributed by atoms with E-state index in [4.69, 9.17) is 10.5 Å². The first-order valence-corrected chi connectivity index (χ1v) is 4.84. The molecule has 0 saturated carbocycles. The summed E-state index contributed by atoms with van der Waals surface area (Å²) in [5.74, 6) is 0.0715. The second-order valence-corrected chi connectivity index (χ2v) is 4.53. The van der Waals surface area contributed by atoms with Crippen LogP contribution in [0.1, 0.15) is 36.7 Å². The standard InChI is InChI=1S/C12H17NO2/c1-12(2,3)8-5-6-9(11(13)14)10(7-8)15-4/h5-7H,1-4H3,(H2,13,14). The maximum absolute atomic E-state index is 11.1. The molecule has 0 atom stereocenters. The minimum Gasteiger partial charge on any atom is -0.496 e. The van der Waals surface area contributed by atoms with E-state index in [2.05, 4.69) is 20.8 Å². The first kappa shape index (κ1) is 11.6. The van der Waals surface area contributed by atoms with Crippen molar-refractivity contribution in [1.82, 2.24) is 0 Å². The van der Waals surface area contributed by atoms with Crippen LogP contribution in [0.5, 0.6) is 5.75 Å². The molecule has 82 valence electrons. The molecule has 1 rings (SSSR count). The van der Waals surface area contributed by atoms with Gasteiger partial charge in [-0.3, -0.25) is 4.79 Å². The molecule has 0 bridgehead atoms. The van der Waals surface area contributed by atoms with Gasteiger partial charge in [0.1, 0.15) is 5.75 Å². The van der Waals surface area contributed by atoms with Crippen LogP contribution in [0.3, 0.4) is 0 Å². The van der Waals surface area contributed by atoms with Gasteiger partial charge in [0, 0.05) is 0 Å². The first-order chi connectivity index (χ1) is 6.86. The predicted molar refractivity (Wildman–Crippen MR) is 60.2 cm³/mol. The Bertz CT molecular complexity index is 378. The van der Waals surface area contributed by atoms with Crippen molar-refractivity contribution < 1.29 is 9.53 Å². The van der Waals surface area contributed by atoms with Crippen LogP contribution < -0.4 is 10.5 Å². The molecule has 1 aromatic rings. The van der Waals surface area contributed by atoms with Gasteiger partial charge in [0.15, 0.2) is 0 Å². The Morgan fingerprint density at radius 2 is 1.93 bits per heavy atom. The Hall–Kier alpha value is -1.51. The lowest BCUT2D eigenvalue weighted by molar-refractivity contribution is 0.0997. The van der Waals surface area contributed by atoms with E-state index in [0.29, 0.717) is 11.3 Å². The number of benzene rings is 1. The summed E-state index contributed by atoms with van der Waals surface area (Å²) in [6.45, 7) is 6.31. The third-order valence-corrected chi connectivity index (χ3v) is 2.33. The van der Waals surface area contributed by atoms with E-state index in [9.17, 15) is 4.79 Å². The van der Waals surface area contributed by atoms with Gasteiger partial charge < -0.3 is 10.5 Å². The SMILES string of the molecule is COc1cc(C(C)(C)C)ccc1C(N)=O. The summed E-state index contributed by atoms with van der Waals surface area (Å²) in [5, 5.41) is 0. The van der Waals surface area contributed by atoms with Gasteiger partial charge in [-0.25, -0.2) is 0 Å². The number of amides is 1. The third-order valence-electron chi connectivity index (χ3n) is 2.33. The van der Waals surface area contributed by atoms with Gasteiger partial charge in [-0.1, -0.05) is 26.8 Å². The van der Waals surface area contributed by atoms with Gasteiger partial charge in [-0.2, -0.15) is 0 Å². The summed E-state index contributed by atoms with van der Waals surface area (Å²) in [7, 11) is 1.54. The molecule has 0 aliphatic carbocycles. The average Bonchev–Trinajstić information content (AvgIpc) is 2.15. The molecule has 1 aromatic carbocycles. The molecule has 15 heavy (non-hydrogen) atoms. The van der Waals surface area contributed by atoms with E-state index in [1.807, 2.05) is 12.1 Å². The maximum atomic E-state index is 11.1. The van der Waals surface area contributed by atoms with Gasteiger partial charge in [-0.15, -0.1) is 0 Å². The van der Waals surface area contributed by atoms with Crippen molar-refractivity contribution >= 4 is 5.91 Å². The van der Waals surface area contributed by atoms with Crippen LogP contribution in [-0.2, 0) is 5.41 Å². The second-order valence-electron chi connectivity index (χ2n) is 4.53. The first-order valence-electron chi connectivity index (χ1n) is 4.84. The summed E-state index contributed by atoms with van der Waals surface area (Å²) >= 11 is 0. The van der Waals surface area contributed by atoms with E-state index in [1.165, 1.54) is 7.11 Å². The highest BCUT2D eigenvalue weighted by atomic mass is 16.5. The van der Waals surface area contributed by atoms with Crippen molar-refractivity contribution in [3.05, 3.63) is 29.3 Å². The van der Waals surface area contributed by atoms with Gasteiger partial charge in [-0.05, 0) is 23.1 Å². The van der Waals surface area contributed by atoms with E-state index < -0.39 is 5.91 Å². The zero-order valence-corrected chi connectivity index (χ0v) is 9.63. The van der Waals surface area contributed by atoms with E-state index in [-0.39, 0.29) is 5.41 Å². The highest BCUT2D eigenvalue weighted by molar-refractivity contribution is 5.95. The summed E-state index contributed by atoms with van der Waals surface area (Å²) in [6, 6.07) is 5.48. The zero-order valence-electron chi connectivity index (χ0n) is 9.63. The smallest absolute Gasteiger partial charge is 0.252 e. The van der Waals surface area contributed by atoms with Gasteiger partial charge in [0.05, 0.1) is 12.7 Å². The Labute approximate surface area is 90.2 Å². The number of hydrogen-bond acceptors (Lipinski definition) is 2. The van der Waals surface area contributed by atoms with Crippen LogP contribution >= 0.6 is 0 Å². The molecule has 0 aliphatic rings. The largest absolute Gasteiger partial charge is 0.496 e. The topological polar surface area (TPSA) is 52.3 Å². The molecule has 0 spiro atoms. The number of nitrogens with two attached hydrogens (primary N) is 1. The fourth-order valence-electron chi connectivity index (χ4n) is 1.36. The Kier molecular flexibility index (Phi) is 3.03. The van der Waals surface area contributed by atoms with Crippen molar-refractivity contribution in [2.24, 2.45) is 5.73 Å². The van der Waals surface area contributed by atoms with Crippen LogP contribution in [0, 0.1) is 0 Å². The number of rotatable bonds is 2. The van der Waals surface area contributed by atoms with Gasteiger partial charge >= 0.3 is 0 Å². The monoisotopic (exact) mass is 207 g/mol. The van der Waals surface area contributed by atoms with Crippen LogP contribution in [0.4, 0.5) is 0 Å². The average molecular weight is 207 g/mol. The summed E-state index contributed by atoms with van der Waals surface area (Å²) < 4.78 is 5.14. The lowest BCUT2D eigenvalue weighted by Gasteiger charge is -2.20.